The maximum atomic E-state index is 14.8. The lowest BCUT2D eigenvalue weighted by Crippen LogP contribution is -2.51. The molecule has 0 radical (unpaired) electrons. The standard InChI is InChI=1S/C16H19FN2O3/c1-10(2)13(14(20)22-4)19-15(21)16(17,9-18)12-7-5-11(3)6-8-12/h5-8,10,13H,1-4H3,(H,19,21)/t13-,16?/m0/s1. The van der Waals surface area contributed by atoms with Gasteiger partial charge in [-0.2, -0.15) is 5.26 Å². The molecule has 0 saturated heterocycles. The van der Waals surface area contributed by atoms with E-state index in [1.165, 1.54) is 25.3 Å². The van der Waals surface area contributed by atoms with Gasteiger partial charge < -0.3 is 10.1 Å². The number of ether oxygens (including phenoxy) is 1. The predicted octanol–water partition coefficient (Wildman–Crippen LogP) is 2.00. The maximum absolute atomic E-state index is 14.8. The van der Waals surface area contributed by atoms with Crippen LogP contribution in [0.25, 0.3) is 0 Å². The molecule has 1 rings (SSSR count). The molecule has 2 atom stereocenters. The molecule has 0 aliphatic carbocycles. The van der Waals surface area contributed by atoms with E-state index in [9.17, 15) is 14.0 Å². The quantitative estimate of drug-likeness (QED) is 0.844. The first-order valence-corrected chi connectivity index (χ1v) is 6.82. The highest BCUT2D eigenvalue weighted by molar-refractivity contribution is 5.92. The van der Waals surface area contributed by atoms with Gasteiger partial charge in [0, 0.05) is 5.56 Å². The van der Waals surface area contributed by atoms with E-state index < -0.39 is 23.6 Å². The van der Waals surface area contributed by atoms with Gasteiger partial charge in [-0.1, -0.05) is 43.7 Å². The van der Waals surface area contributed by atoms with Crippen molar-refractivity contribution >= 4 is 11.9 Å². The minimum atomic E-state index is -2.87. The molecule has 0 heterocycles. The number of amides is 1. The maximum Gasteiger partial charge on any atom is 0.328 e. The van der Waals surface area contributed by atoms with Crippen LogP contribution in [-0.4, -0.2) is 25.0 Å². The van der Waals surface area contributed by atoms with Crippen molar-refractivity contribution in [1.29, 1.82) is 5.26 Å². The van der Waals surface area contributed by atoms with Gasteiger partial charge in [0.05, 0.1) is 7.11 Å². The van der Waals surface area contributed by atoms with Crippen LogP contribution >= 0.6 is 0 Å². The number of nitrogens with one attached hydrogen (secondary N) is 1. The minimum absolute atomic E-state index is 0.0783. The zero-order chi connectivity index (χ0) is 16.9. The summed E-state index contributed by atoms with van der Waals surface area (Å²) < 4.78 is 19.4. The zero-order valence-corrected chi connectivity index (χ0v) is 13.0. The molecule has 1 N–H and O–H groups in total. The molecule has 6 heteroatoms. The molecule has 1 amide bonds. The van der Waals surface area contributed by atoms with Crippen molar-refractivity contribution in [3.8, 4) is 6.07 Å². The molecule has 0 aromatic heterocycles. The summed E-state index contributed by atoms with van der Waals surface area (Å²) in [5.74, 6) is -2.17. The first-order valence-electron chi connectivity index (χ1n) is 6.82. The lowest BCUT2D eigenvalue weighted by atomic mass is 9.94. The molecule has 0 aliphatic rings. The van der Waals surface area contributed by atoms with E-state index in [0.717, 1.165) is 5.56 Å². The van der Waals surface area contributed by atoms with Crippen LogP contribution in [0.2, 0.25) is 0 Å². The average molecular weight is 306 g/mol. The number of hydrogen-bond donors (Lipinski definition) is 1. The van der Waals surface area contributed by atoms with Crippen molar-refractivity contribution in [2.45, 2.75) is 32.5 Å². The van der Waals surface area contributed by atoms with E-state index in [0.29, 0.717) is 0 Å². The second kappa shape index (κ2) is 7.03. The van der Waals surface area contributed by atoms with Gasteiger partial charge in [-0.05, 0) is 12.8 Å². The molecule has 5 nitrogen and oxygen atoms in total. The molecule has 0 fully saturated rings. The Kier molecular flexibility index (Phi) is 5.63. The summed E-state index contributed by atoms with van der Waals surface area (Å²) in [6.45, 7) is 5.17. The lowest BCUT2D eigenvalue weighted by molar-refractivity contribution is -0.147. The van der Waals surface area contributed by atoms with Gasteiger partial charge in [0.1, 0.15) is 12.1 Å². The summed E-state index contributed by atoms with van der Waals surface area (Å²) >= 11 is 0. The van der Waals surface area contributed by atoms with E-state index in [-0.39, 0.29) is 11.5 Å². The second-order valence-electron chi connectivity index (χ2n) is 5.35. The van der Waals surface area contributed by atoms with Crippen LogP contribution in [0.15, 0.2) is 24.3 Å². The molecule has 0 saturated carbocycles. The number of carbonyl (C=O) groups excluding carboxylic acids is 2. The molecule has 1 aromatic rings. The van der Waals surface area contributed by atoms with Crippen molar-refractivity contribution in [1.82, 2.24) is 5.32 Å². The molecule has 1 aromatic carbocycles. The van der Waals surface area contributed by atoms with Crippen LogP contribution in [0.5, 0.6) is 0 Å². The largest absolute Gasteiger partial charge is 0.467 e. The Morgan fingerprint density at radius 1 is 1.32 bits per heavy atom. The number of benzene rings is 1. The number of esters is 1. The molecule has 118 valence electrons. The fourth-order valence-electron chi connectivity index (χ4n) is 1.90. The third-order valence-electron chi connectivity index (χ3n) is 3.32. The van der Waals surface area contributed by atoms with Crippen molar-refractivity contribution in [3.05, 3.63) is 35.4 Å². The summed E-state index contributed by atoms with van der Waals surface area (Å²) in [6.07, 6.45) is 0. The Balaban J connectivity index is 3.08. The Morgan fingerprint density at radius 3 is 2.27 bits per heavy atom. The van der Waals surface area contributed by atoms with Crippen LogP contribution in [0.1, 0.15) is 25.0 Å². The number of rotatable bonds is 5. The topological polar surface area (TPSA) is 79.2 Å². The number of hydrogen-bond acceptors (Lipinski definition) is 4. The van der Waals surface area contributed by atoms with Gasteiger partial charge in [0.2, 0.25) is 0 Å². The van der Waals surface area contributed by atoms with Gasteiger partial charge in [0.25, 0.3) is 11.6 Å². The molecule has 22 heavy (non-hydrogen) atoms. The summed E-state index contributed by atoms with van der Waals surface area (Å²) in [6, 6.07) is 6.33. The number of halogens is 1. The number of carbonyl (C=O) groups is 2. The number of alkyl halides is 1. The normalized spacial score (nSPS) is 14.6. The van der Waals surface area contributed by atoms with E-state index >= 15 is 0 Å². The van der Waals surface area contributed by atoms with Crippen molar-refractivity contribution in [3.63, 3.8) is 0 Å². The van der Waals surface area contributed by atoms with Crippen LogP contribution in [-0.2, 0) is 20.0 Å². The second-order valence-corrected chi connectivity index (χ2v) is 5.35. The number of nitrogens with zero attached hydrogens (tertiary/aromatic N) is 1. The zero-order valence-electron chi connectivity index (χ0n) is 13.0. The number of nitriles is 1. The highest BCUT2D eigenvalue weighted by Crippen LogP contribution is 2.26. The summed E-state index contributed by atoms with van der Waals surface area (Å²) in [5.41, 5.74) is -2.07. The Labute approximate surface area is 129 Å². The molecular formula is C16H19FN2O3. The molecule has 0 bridgehead atoms. The average Bonchev–Trinajstić information content (AvgIpc) is 2.51. The van der Waals surface area contributed by atoms with Crippen molar-refractivity contribution < 1.29 is 18.7 Å². The highest BCUT2D eigenvalue weighted by atomic mass is 19.1. The number of aryl methyl sites for hydroxylation is 1. The van der Waals surface area contributed by atoms with Crippen LogP contribution < -0.4 is 5.32 Å². The third kappa shape index (κ3) is 3.61. The van der Waals surface area contributed by atoms with Gasteiger partial charge in [-0.25, -0.2) is 9.18 Å². The highest BCUT2D eigenvalue weighted by Gasteiger charge is 2.43. The fraction of sp³-hybridized carbons (Fsp3) is 0.438. The third-order valence-corrected chi connectivity index (χ3v) is 3.32. The monoisotopic (exact) mass is 306 g/mol. The van der Waals surface area contributed by atoms with Gasteiger partial charge in [-0.15, -0.1) is 0 Å². The predicted molar refractivity (Wildman–Crippen MR) is 78.4 cm³/mol. The SMILES string of the molecule is COC(=O)[C@@H](NC(=O)C(F)(C#N)c1ccc(C)cc1)C(C)C. The Hall–Kier alpha value is -2.42. The smallest absolute Gasteiger partial charge is 0.328 e. The first kappa shape index (κ1) is 17.6. The minimum Gasteiger partial charge on any atom is -0.467 e. The van der Waals surface area contributed by atoms with E-state index in [1.54, 1.807) is 26.0 Å². The fourth-order valence-corrected chi connectivity index (χ4v) is 1.90. The van der Waals surface area contributed by atoms with E-state index in [4.69, 9.17) is 5.26 Å². The Bertz CT molecular complexity index is 592. The van der Waals surface area contributed by atoms with Gasteiger partial charge in [-0.3, -0.25) is 4.79 Å². The summed E-state index contributed by atoms with van der Waals surface area (Å²) in [5, 5.41) is 11.4. The van der Waals surface area contributed by atoms with Gasteiger partial charge >= 0.3 is 5.97 Å². The van der Waals surface area contributed by atoms with E-state index in [2.05, 4.69) is 10.1 Å². The van der Waals surface area contributed by atoms with Gasteiger partial charge in [0.15, 0.2) is 0 Å². The van der Waals surface area contributed by atoms with Crippen LogP contribution in [0.4, 0.5) is 4.39 Å². The molecule has 0 spiro atoms. The molecule has 1 unspecified atom stereocenters. The first-order chi connectivity index (χ1) is 10.3. The summed E-state index contributed by atoms with van der Waals surface area (Å²) in [7, 11) is 1.18. The molecular weight excluding hydrogens is 287 g/mol. The Morgan fingerprint density at radius 2 is 1.86 bits per heavy atom. The lowest BCUT2D eigenvalue weighted by Gasteiger charge is -2.24. The summed E-state index contributed by atoms with van der Waals surface area (Å²) in [4.78, 5) is 23.8. The van der Waals surface area contributed by atoms with Crippen LogP contribution in [0.3, 0.4) is 0 Å². The van der Waals surface area contributed by atoms with Crippen LogP contribution in [0, 0.1) is 24.2 Å². The molecule has 0 aliphatic heterocycles. The van der Waals surface area contributed by atoms with Crippen molar-refractivity contribution in [2.24, 2.45) is 5.92 Å². The number of methoxy groups -OCH3 is 1. The van der Waals surface area contributed by atoms with E-state index in [1.807, 2.05) is 6.92 Å². The van der Waals surface area contributed by atoms with Crippen molar-refractivity contribution in [2.75, 3.05) is 7.11 Å².